The quantitative estimate of drug-likeness (QED) is 0.0103. The molecule has 2 aliphatic rings. The van der Waals surface area contributed by atoms with Crippen molar-refractivity contribution in [2.45, 2.75) is 110 Å². The fraction of sp³-hybridized carbons (Fsp3) is 0.373. The first-order chi connectivity index (χ1) is 41.4. The molecule has 0 unspecified atom stereocenters. The number of ether oxygens (including phenoxy) is 8. The molecule has 0 N–H and O–H groups in total. The molecule has 0 saturated heterocycles. The number of aromatic nitrogens is 1. The molecular formula is C67H73N3O14S. The summed E-state index contributed by atoms with van der Waals surface area (Å²) in [6.45, 7) is 10.6. The van der Waals surface area contributed by atoms with Gasteiger partial charge < -0.3 is 37.9 Å². The number of nitrogens with zero attached hydrogens (tertiary/aromatic N) is 3. The van der Waals surface area contributed by atoms with E-state index >= 15 is 0 Å². The second-order valence-electron chi connectivity index (χ2n) is 21.0. The monoisotopic (exact) mass is 1180 g/mol. The van der Waals surface area contributed by atoms with Crippen LogP contribution >= 0.6 is 11.3 Å². The maximum absolute atomic E-state index is 14.0. The topological polar surface area (TPSA) is 205 Å². The molecule has 0 spiro atoms. The highest BCUT2D eigenvalue weighted by Gasteiger charge is 2.34. The third kappa shape index (κ3) is 19.2. The summed E-state index contributed by atoms with van der Waals surface area (Å²) in [6.07, 6.45) is 14.2. The molecule has 17 nitrogen and oxygen atoms in total. The lowest BCUT2D eigenvalue weighted by molar-refractivity contribution is -0.145. The Balaban J connectivity index is 0.850. The fourth-order valence-corrected chi connectivity index (χ4v) is 10.9. The summed E-state index contributed by atoms with van der Waals surface area (Å²) in [5.41, 5.74) is 2.92. The number of carbonyl (C=O) groups excluding carboxylic acids is 6. The normalized spacial score (nSPS) is 16.6. The summed E-state index contributed by atoms with van der Waals surface area (Å²) in [4.78, 5) is 81.7. The van der Waals surface area contributed by atoms with Crippen LogP contribution in [0.5, 0.6) is 34.5 Å². The number of benzene rings is 5. The molecular weight excluding hydrogens is 1100 g/mol. The molecule has 18 heteroatoms. The standard InChI is InChI=1S/C67H73N3O14S/c1-4-61(71)79-42-16-8-6-14-40-77-52-30-34-54(35-31-52)81-63(73)47-22-24-49(25-23-47)65(75)83-56-38-39-59(51(44-56)45-68-70(58-20-12-10-18-46(58)3)67-69-57-19-11-13-21-60(57)85-67)84-66(76)50-28-26-48(27-29-50)64(74)82-55-36-32-53(33-37-55)78-41-15-7-9-17-43-80-62(72)5-2/h4-5,10-13,18-21,30-39,44-45,47-50H,1-2,6-9,14-17,22-29,40-43H2,3H3/b68-45+. The molecule has 0 bridgehead atoms. The summed E-state index contributed by atoms with van der Waals surface area (Å²) in [5.74, 6) is -1.64. The van der Waals surface area contributed by atoms with Gasteiger partial charge in [-0.3, -0.25) is 19.2 Å². The summed E-state index contributed by atoms with van der Waals surface area (Å²) >= 11 is 1.48. The van der Waals surface area contributed by atoms with Crippen LogP contribution in [0.3, 0.4) is 0 Å². The van der Waals surface area contributed by atoms with E-state index in [1.807, 2.05) is 55.5 Å². The Labute approximate surface area is 499 Å². The SMILES string of the molecule is C=CC(=O)OCCCCCCOc1ccc(OC(=O)C2CCC(C(=O)Oc3ccc(OC(=O)C4CCC(C(=O)Oc5ccc(OCCCCCCOC(=O)C=C)cc5)CC4)c(/C=N/N(c4nc5ccccc5s4)c4ccccc4C)c3)CC2)cc1. The number of para-hydroxylation sites is 2. The van der Waals surface area contributed by atoms with E-state index in [-0.39, 0.29) is 29.4 Å². The number of rotatable bonds is 30. The van der Waals surface area contributed by atoms with Crippen LogP contribution < -0.4 is 33.4 Å². The Bertz CT molecular complexity index is 3220. The van der Waals surface area contributed by atoms with Gasteiger partial charge in [0, 0.05) is 17.7 Å². The molecule has 6 aromatic rings. The Kier molecular flexibility index (Phi) is 23.8. The van der Waals surface area contributed by atoms with Crippen molar-refractivity contribution in [2.24, 2.45) is 28.8 Å². The highest BCUT2D eigenvalue weighted by Crippen LogP contribution is 2.38. The molecule has 0 aliphatic heterocycles. The van der Waals surface area contributed by atoms with Gasteiger partial charge in [0.05, 0.1) is 72.2 Å². The number of hydrogen-bond donors (Lipinski definition) is 0. The summed E-state index contributed by atoms with van der Waals surface area (Å²) < 4.78 is 46.4. The van der Waals surface area contributed by atoms with Gasteiger partial charge in [0.2, 0.25) is 5.13 Å². The largest absolute Gasteiger partial charge is 0.494 e. The smallest absolute Gasteiger partial charge is 0.330 e. The minimum atomic E-state index is -0.488. The van der Waals surface area contributed by atoms with Crippen LogP contribution in [0.1, 0.15) is 114 Å². The summed E-state index contributed by atoms with van der Waals surface area (Å²) in [5, 5.41) is 7.31. The predicted molar refractivity (Wildman–Crippen MR) is 324 cm³/mol. The van der Waals surface area contributed by atoms with Crippen molar-refractivity contribution in [3.05, 3.63) is 152 Å². The zero-order valence-electron chi connectivity index (χ0n) is 48.0. The molecule has 2 fully saturated rings. The van der Waals surface area contributed by atoms with Crippen molar-refractivity contribution < 1.29 is 66.7 Å². The van der Waals surface area contributed by atoms with Crippen LogP contribution in [-0.2, 0) is 38.2 Å². The van der Waals surface area contributed by atoms with Gasteiger partial charge in [-0.1, -0.05) is 54.8 Å². The fourth-order valence-electron chi connectivity index (χ4n) is 9.96. The van der Waals surface area contributed by atoms with E-state index in [0.717, 1.165) is 85.0 Å². The van der Waals surface area contributed by atoms with Crippen molar-refractivity contribution in [1.82, 2.24) is 4.98 Å². The van der Waals surface area contributed by atoms with E-state index in [2.05, 4.69) is 13.2 Å². The number of unbranched alkanes of at least 4 members (excludes halogenated alkanes) is 6. The minimum absolute atomic E-state index is 0.204. The van der Waals surface area contributed by atoms with E-state index in [0.29, 0.717) is 111 Å². The number of aryl methyl sites for hydroxylation is 1. The number of fused-ring (bicyclic) bond motifs is 1. The lowest BCUT2D eigenvalue weighted by Gasteiger charge is -2.26. The van der Waals surface area contributed by atoms with Gasteiger partial charge in [-0.25, -0.2) is 19.6 Å². The zero-order valence-corrected chi connectivity index (χ0v) is 48.8. The van der Waals surface area contributed by atoms with Gasteiger partial charge >= 0.3 is 35.8 Å². The van der Waals surface area contributed by atoms with Crippen LogP contribution in [-0.4, -0.2) is 73.4 Å². The maximum atomic E-state index is 14.0. The van der Waals surface area contributed by atoms with Gasteiger partial charge in [-0.15, -0.1) is 0 Å². The van der Waals surface area contributed by atoms with E-state index in [4.69, 9.17) is 48.0 Å². The number of hydrazone groups is 1. The molecule has 1 aromatic heterocycles. The van der Waals surface area contributed by atoms with E-state index < -0.39 is 41.6 Å². The molecule has 2 aliphatic carbocycles. The lowest BCUT2D eigenvalue weighted by Crippen LogP contribution is -2.30. The number of esters is 6. The van der Waals surface area contributed by atoms with Gasteiger partial charge in [0.25, 0.3) is 0 Å². The van der Waals surface area contributed by atoms with Gasteiger partial charge in [-0.2, -0.15) is 5.10 Å². The molecule has 8 rings (SSSR count). The molecule has 85 heavy (non-hydrogen) atoms. The second kappa shape index (κ2) is 32.4. The van der Waals surface area contributed by atoms with Crippen LogP contribution in [0.25, 0.3) is 10.2 Å². The number of anilines is 2. The molecule has 0 atom stereocenters. The Morgan fingerprint density at radius 3 is 1.42 bits per heavy atom. The third-order valence-electron chi connectivity index (χ3n) is 14.8. The van der Waals surface area contributed by atoms with Crippen molar-refractivity contribution >= 4 is 74.4 Å². The van der Waals surface area contributed by atoms with Crippen LogP contribution in [0, 0.1) is 30.6 Å². The third-order valence-corrected chi connectivity index (χ3v) is 15.9. The molecule has 0 radical (unpaired) electrons. The first-order valence-corrected chi connectivity index (χ1v) is 30.0. The van der Waals surface area contributed by atoms with E-state index in [1.165, 1.54) is 11.3 Å². The second-order valence-corrected chi connectivity index (χ2v) is 22.0. The molecule has 1 heterocycles. The number of thiazole rings is 1. The molecule has 2 saturated carbocycles. The van der Waals surface area contributed by atoms with E-state index in [9.17, 15) is 28.8 Å². The van der Waals surface area contributed by atoms with Crippen molar-refractivity contribution in [2.75, 3.05) is 31.4 Å². The Hall–Kier alpha value is -8.64. The average Bonchev–Trinajstić information content (AvgIpc) is 4.21. The average molecular weight is 1180 g/mol. The van der Waals surface area contributed by atoms with Crippen LogP contribution in [0.15, 0.2) is 146 Å². The highest BCUT2D eigenvalue weighted by molar-refractivity contribution is 7.22. The highest BCUT2D eigenvalue weighted by atomic mass is 32.1. The minimum Gasteiger partial charge on any atom is -0.494 e. The van der Waals surface area contributed by atoms with Gasteiger partial charge in [0.15, 0.2) is 0 Å². The summed E-state index contributed by atoms with van der Waals surface area (Å²) in [6, 6.07) is 34.3. The van der Waals surface area contributed by atoms with Gasteiger partial charge in [0.1, 0.15) is 34.5 Å². The van der Waals surface area contributed by atoms with Crippen molar-refractivity contribution in [3.63, 3.8) is 0 Å². The number of carbonyl (C=O) groups is 6. The zero-order chi connectivity index (χ0) is 59.8. The van der Waals surface area contributed by atoms with Crippen LogP contribution in [0.4, 0.5) is 10.8 Å². The Morgan fingerprint density at radius 1 is 0.518 bits per heavy atom. The first kappa shape index (κ1) is 62.4. The lowest BCUT2D eigenvalue weighted by atomic mass is 9.82. The van der Waals surface area contributed by atoms with Crippen molar-refractivity contribution in [3.8, 4) is 34.5 Å². The Morgan fingerprint density at radius 2 is 0.941 bits per heavy atom. The number of hydrogen-bond acceptors (Lipinski definition) is 18. The maximum Gasteiger partial charge on any atom is 0.330 e. The predicted octanol–water partition coefficient (Wildman–Crippen LogP) is 13.7. The van der Waals surface area contributed by atoms with Crippen molar-refractivity contribution in [1.29, 1.82) is 0 Å². The summed E-state index contributed by atoms with van der Waals surface area (Å²) in [7, 11) is 0. The van der Waals surface area contributed by atoms with Crippen LogP contribution in [0.2, 0.25) is 0 Å². The molecule has 5 aromatic carbocycles. The van der Waals surface area contributed by atoms with Gasteiger partial charge in [-0.05, 0) is 200 Å². The first-order valence-electron chi connectivity index (χ1n) is 29.2. The molecule has 446 valence electrons. The molecule has 0 amide bonds. The van der Waals surface area contributed by atoms with E-state index in [1.54, 1.807) is 78.0 Å².